The first-order chi connectivity index (χ1) is 14.3. The van der Waals surface area contributed by atoms with E-state index < -0.39 is 16.1 Å². The lowest BCUT2D eigenvalue weighted by Gasteiger charge is -2.34. The van der Waals surface area contributed by atoms with E-state index in [9.17, 15) is 8.42 Å². The van der Waals surface area contributed by atoms with E-state index in [1.807, 2.05) is 49.4 Å². The summed E-state index contributed by atoms with van der Waals surface area (Å²) in [4.78, 5) is 0.276. The van der Waals surface area contributed by atoms with Crippen molar-refractivity contribution >= 4 is 10.0 Å². The molecular weight excluding hydrogens is 394 g/mol. The first-order valence-electron chi connectivity index (χ1n) is 10.2. The van der Waals surface area contributed by atoms with E-state index in [0.717, 1.165) is 18.4 Å². The molecule has 156 valence electrons. The fourth-order valence-corrected chi connectivity index (χ4v) is 6.19. The maximum Gasteiger partial charge on any atom is 0.264 e. The Hall–Kier alpha value is -2.79. The van der Waals surface area contributed by atoms with Gasteiger partial charge in [0.15, 0.2) is 0 Å². The molecule has 0 bridgehead atoms. The van der Waals surface area contributed by atoms with Crippen LogP contribution in [0.2, 0.25) is 0 Å². The molecule has 0 spiro atoms. The second-order valence-corrected chi connectivity index (χ2v) is 10.2. The number of allylic oxidation sites excluding steroid dienone is 1. The summed E-state index contributed by atoms with van der Waals surface area (Å²) in [5, 5.41) is 0. The maximum atomic E-state index is 13.6. The van der Waals surface area contributed by atoms with Gasteiger partial charge in [0.1, 0.15) is 11.8 Å². The van der Waals surface area contributed by atoms with Crippen molar-refractivity contribution in [2.45, 2.75) is 44.0 Å². The molecule has 0 amide bonds. The molecule has 1 fully saturated rings. The molecule has 3 aromatic rings. The maximum absolute atomic E-state index is 13.6. The van der Waals surface area contributed by atoms with E-state index in [0.29, 0.717) is 17.9 Å². The summed E-state index contributed by atoms with van der Waals surface area (Å²) < 4.78 is 34.5. The zero-order chi connectivity index (χ0) is 21.4. The van der Waals surface area contributed by atoms with Gasteiger partial charge < -0.3 is 4.42 Å². The van der Waals surface area contributed by atoms with Crippen molar-refractivity contribution in [2.24, 2.45) is 5.41 Å². The Bertz CT molecular complexity index is 1120. The average Bonchev–Trinajstić information content (AvgIpc) is 3.33. The standard InChI is InChI=1S/C25H27NO3S/c1-19-11-13-22(14-12-19)30(27,28)26-20(2)18-25(3,24(26)23-10-7-17-29-23)16-15-21-8-5-4-6-9-21/h4-14,17,24H,2,15-16,18H2,1,3H3. The van der Waals surface area contributed by atoms with Gasteiger partial charge in [-0.25, -0.2) is 8.42 Å². The highest BCUT2D eigenvalue weighted by Crippen LogP contribution is 2.55. The third kappa shape index (κ3) is 3.70. The molecule has 1 saturated heterocycles. The van der Waals surface area contributed by atoms with Crippen LogP contribution in [-0.2, 0) is 16.4 Å². The van der Waals surface area contributed by atoms with Crippen LogP contribution in [-0.4, -0.2) is 12.7 Å². The lowest BCUT2D eigenvalue weighted by atomic mass is 9.76. The Kier molecular flexibility index (Phi) is 5.33. The predicted molar refractivity (Wildman–Crippen MR) is 118 cm³/mol. The zero-order valence-electron chi connectivity index (χ0n) is 17.4. The number of benzene rings is 2. The van der Waals surface area contributed by atoms with Gasteiger partial charge in [0.2, 0.25) is 0 Å². The first kappa shape index (κ1) is 20.5. The minimum absolute atomic E-state index is 0.276. The predicted octanol–water partition coefficient (Wildman–Crippen LogP) is 5.88. The van der Waals surface area contributed by atoms with Crippen LogP contribution < -0.4 is 0 Å². The molecule has 0 radical (unpaired) electrons. The summed E-state index contributed by atoms with van der Waals surface area (Å²) in [6, 6.07) is 20.5. The molecule has 2 unspecified atom stereocenters. The van der Waals surface area contributed by atoms with Crippen LogP contribution in [0.5, 0.6) is 0 Å². The van der Waals surface area contributed by atoms with Crippen molar-refractivity contribution in [1.29, 1.82) is 0 Å². The number of aryl methyl sites for hydroxylation is 2. The van der Waals surface area contributed by atoms with Gasteiger partial charge in [-0.05, 0) is 56.0 Å². The summed E-state index contributed by atoms with van der Waals surface area (Å²) in [6.45, 7) is 8.24. The monoisotopic (exact) mass is 421 g/mol. The van der Waals surface area contributed by atoms with E-state index in [-0.39, 0.29) is 10.3 Å². The molecule has 5 heteroatoms. The summed E-state index contributed by atoms with van der Waals surface area (Å²) in [5.41, 5.74) is 2.53. The third-order valence-electron chi connectivity index (χ3n) is 6.03. The smallest absolute Gasteiger partial charge is 0.264 e. The van der Waals surface area contributed by atoms with Gasteiger partial charge in [-0.3, -0.25) is 4.31 Å². The lowest BCUT2D eigenvalue weighted by Crippen LogP contribution is -2.34. The highest BCUT2D eigenvalue weighted by molar-refractivity contribution is 7.89. The van der Waals surface area contributed by atoms with Gasteiger partial charge in [-0.15, -0.1) is 0 Å². The molecule has 1 aliphatic heterocycles. The normalized spacial score (nSPS) is 21.9. The molecule has 1 aromatic heterocycles. The van der Waals surface area contributed by atoms with Gasteiger partial charge in [0.25, 0.3) is 10.0 Å². The van der Waals surface area contributed by atoms with Gasteiger partial charge in [0, 0.05) is 11.1 Å². The van der Waals surface area contributed by atoms with Gasteiger partial charge in [-0.1, -0.05) is 61.5 Å². The number of hydrogen-bond acceptors (Lipinski definition) is 3. The van der Waals surface area contributed by atoms with Crippen LogP contribution in [0, 0.1) is 12.3 Å². The van der Waals surface area contributed by atoms with Crippen molar-refractivity contribution < 1.29 is 12.8 Å². The minimum atomic E-state index is -3.76. The molecule has 0 aliphatic carbocycles. The van der Waals surface area contributed by atoms with Crippen LogP contribution in [0.15, 0.2) is 94.6 Å². The molecule has 4 nitrogen and oxygen atoms in total. The fourth-order valence-electron chi connectivity index (χ4n) is 4.44. The van der Waals surface area contributed by atoms with Crippen molar-refractivity contribution in [2.75, 3.05) is 0 Å². The summed E-state index contributed by atoms with van der Waals surface area (Å²) in [6.07, 6.45) is 3.88. The number of hydrogen-bond donors (Lipinski definition) is 0. The Labute approximate surface area is 178 Å². The second-order valence-electron chi connectivity index (χ2n) is 8.41. The summed E-state index contributed by atoms with van der Waals surface area (Å²) >= 11 is 0. The molecule has 1 aliphatic rings. The summed E-state index contributed by atoms with van der Waals surface area (Å²) in [5.74, 6) is 0.653. The first-order valence-corrected chi connectivity index (χ1v) is 11.6. The SMILES string of the molecule is C=C1CC(C)(CCc2ccccc2)C(c2ccco2)N1S(=O)(=O)c1ccc(C)cc1. The molecule has 2 heterocycles. The van der Waals surface area contributed by atoms with Crippen LogP contribution in [0.4, 0.5) is 0 Å². The van der Waals surface area contributed by atoms with Crippen LogP contribution >= 0.6 is 0 Å². The van der Waals surface area contributed by atoms with Gasteiger partial charge in [-0.2, -0.15) is 0 Å². The molecular formula is C25H27NO3S. The van der Waals surface area contributed by atoms with Crippen molar-refractivity contribution in [3.8, 4) is 0 Å². The van der Waals surface area contributed by atoms with Crippen LogP contribution in [0.25, 0.3) is 0 Å². The number of nitrogens with zero attached hydrogens (tertiary/aromatic N) is 1. The molecule has 0 N–H and O–H groups in total. The number of sulfonamides is 1. The molecule has 4 rings (SSSR count). The van der Waals surface area contributed by atoms with Gasteiger partial charge in [0.05, 0.1) is 11.2 Å². The Balaban J connectivity index is 1.73. The Morgan fingerprint density at radius 2 is 1.77 bits per heavy atom. The Morgan fingerprint density at radius 3 is 2.40 bits per heavy atom. The van der Waals surface area contributed by atoms with Crippen molar-refractivity contribution in [1.82, 2.24) is 4.31 Å². The molecule has 2 aromatic carbocycles. The van der Waals surface area contributed by atoms with Crippen molar-refractivity contribution in [3.63, 3.8) is 0 Å². The van der Waals surface area contributed by atoms with Crippen LogP contribution in [0.3, 0.4) is 0 Å². The zero-order valence-corrected chi connectivity index (χ0v) is 18.2. The quantitative estimate of drug-likeness (QED) is 0.500. The number of furan rings is 1. The highest BCUT2D eigenvalue weighted by Gasteiger charge is 2.52. The average molecular weight is 422 g/mol. The number of rotatable bonds is 6. The topological polar surface area (TPSA) is 50.5 Å². The van der Waals surface area contributed by atoms with E-state index in [1.54, 1.807) is 18.4 Å². The molecule has 0 saturated carbocycles. The largest absolute Gasteiger partial charge is 0.467 e. The third-order valence-corrected chi connectivity index (χ3v) is 7.89. The molecule has 30 heavy (non-hydrogen) atoms. The van der Waals surface area contributed by atoms with Crippen molar-refractivity contribution in [3.05, 3.63) is 102 Å². The lowest BCUT2D eigenvalue weighted by molar-refractivity contribution is 0.191. The fraction of sp³-hybridized carbons (Fsp3) is 0.280. The highest BCUT2D eigenvalue weighted by atomic mass is 32.2. The minimum Gasteiger partial charge on any atom is -0.467 e. The van der Waals surface area contributed by atoms with Crippen LogP contribution in [0.1, 0.15) is 42.7 Å². The molecule has 2 atom stereocenters. The Morgan fingerprint density at radius 1 is 1.07 bits per heavy atom. The van der Waals surface area contributed by atoms with E-state index in [2.05, 4.69) is 25.6 Å². The van der Waals surface area contributed by atoms with E-state index >= 15 is 0 Å². The van der Waals surface area contributed by atoms with E-state index in [1.165, 1.54) is 9.87 Å². The summed E-state index contributed by atoms with van der Waals surface area (Å²) in [7, 11) is -3.76. The van der Waals surface area contributed by atoms with Gasteiger partial charge >= 0.3 is 0 Å². The van der Waals surface area contributed by atoms with E-state index in [4.69, 9.17) is 4.42 Å². The second kappa shape index (κ2) is 7.80.